The third kappa shape index (κ3) is 5.40. The van der Waals surface area contributed by atoms with Crippen molar-refractivity contribution in [2.24, 2.45) is 0 Å². The lowest BCUT2D eigenvalue weighted by molar-refractivity contribution is 0.0559. The van der Waals surface area contributed by atoms with Gasteiger partial charge in [0.2, 0.25) is 0 Å². The van der Waals surface area contributed by atoms with Gasteiger partial charge in [0, 0.05) is 19.3 Å². The number of hydrogen-bond donors (Lipinski definition) is 0. The molecule has 0 bridgehead atoms. The zero-order valence-electron chi connectivity index (χ0n) is 10.8. The van der Waals surface area contributed by atoms with E-state index >= 15 is 0 Å². The summed E-state index contributed by atoms with van der Waals surface area (Å²) in [5.41, 5.74) is 0. The van der Waals surface area contributed by atoms with Crippen LogP contribution < -0.4 is 0 Å². The molecule has 96 valence electrons. The molecular formula is C11H24O4Si. The Labute approximate surface area is 99.5 Å². The second-order valence-corrected chi connectivity index (χ2v) is 7.56. The first-order chi connectivity index (χ1) is 7.59. The van der Waals surface area contributed by atoms with Gasteiger partial charge in [-0.25, -0.2) is 0 Å². The molecular weight excluding hydrogens is 224 g/mol. The molecule has 5 heteroatoms. The van der Waals surface area contributed by atoms with Gasteiger partial charge in [-0.05, 0) is 27.3 Å². The van der Waals surface area contributed by atoms with E-state index in [1.165, 1.54) is 0 Å². The number of ether oxygens (including phenoxy) is 2. The van der Waals surface area contributed by atoms with Crippen LogP contribution in [0, 0.1) is 0 Å². The van der Waals surface area contributed by atoms with E-state index in [1.807, 2.05) is 13.8 Å². The fourth-order valence-corrected chi connectivity index (χ4v) is 4.49. The van der Waals surface area contributed by atoms with E-state index in [0.717, 1.165) is 12.7 Å². The van der Waals surface area contributed by atoms with Gasteiger partial charge in [-0.1, -0.05) is 0 Å². The fourth-order valence-electron chi connectivity index (χ4n) is 1.79. The van der Waals surface area contributed by atoms with Crippen molar-refractivity contribution >= 4 is 8.56 Å². The Hall–Kier alpha value is 0.0569. The molecule has 2 unspecified atom stereocenters. The SMILES string of the molecule is CCO[Si](C)(CC(C)OCC1CO1)OCC. The predicted molar refractivity (Wildman–Crippen MR) is 64.8 cm³/mol. The van der Waals surface area contributed by atoms with E-state index in [1.54, 1.807) is 0 Å². The molecule has 0 aromatic carbocycles. The number of epoxide rings is 1. The highest BCUT2D eigenvalue weighted by Gasteiger charge is 2.34. The lowest BCUT2D eigenvalue weighted by Gasteiger charge is -2.28. The molecule has 4 nitrogen and oxygen atoms in total. The fraction of sp³-hybridized carbons (Fsp3) is 1.00. The lowest BCUT2D eigenvalue weighted by atomic mass is 10.4. The second-order valence-electron chi connectivity index (χ2n) is 4.30. The van der Waals surface area contributed by atoms with Crippen LogP contribution in [0.15, 0.2) is 0 Å². The van der Waals surface area contributed by atoms with E-state index in [4.69, 9.17) is 18.3 Å². The molecule has 1 aliphatic heterocycles. The molecule has 1 saturated heterocycles. The van der Waals surface area contributed by atoms with Gasteiger partial charge in [0.25, 0.3) is 0 Å². The van der Waals surface area contributed by atoms with Gasteiger partial charge >= 0.3 is 8.56 Å². The van der Waals surface area contributed by atoms with Crippen molar-refractivity contribution < 1.29 is 18.3 Å². The Morgan fingerprint density at radius 2 is 1.88 bits per heavy atom. The zero-order valence-corrected chi connectivity index (χ0v) is 11.8. The van der Waals surface area contributed by atoms with Gasteiger partial charge < -0.3 is 18.3 Å². The van der Waals surface area contributed by atoms with Crippen molar-refractivity contribution in [3.63, 3.8) is 0 Å². The third-order valence-electron chi connectivity index (χ3n) is 2.53. The third-order valence-corrected chi connectivity index (χ3v) is 5.64. The molecule has 1 fully saturated rings. The van der Waals surface area contributed by atoms with Crippen LogP contribution in [0.5, 0.6) is 0 Å². The molecule has 0 aromatic rings. The van der Waals surface area contributed by atoms with Crippen LogP contribution >= 0.6 is 0 Å². The largest absolute Gasteiger partial charge is 0.395 e. The molecule has 0 amide bonds. The van der Waals surface area contributed by atoms with Crippen LogP contribution in [0.1, 0.15) is 20.8 Å². The van der Waals surface area contributed by atoms with E-state index in [2.05, 4.69) is 13.5 Å². The molecule has 16 heavy (non-hydrogen) atoms. The van der Waals surface area contributed by atoms with Crippen LogP contribution in [-0.4, -0.2) is 47.2 Å². The van der Waals surface area contributed by atoms with Crippen LogP contribution in [0.2, 0.25) is 12.6 Å². The molecule has 0 aliphatic carbocycles. The zero-order chi connectivity index (χ0) is 12.0. The minimum absolute atomic E-state index is 0.180. The Bertz CT molecular complexity index is 190. The highest BCUT2D eigenvalue weighted by atomic mass is 28.4. The van der Waals surface area contributed by atoms with Gasteiger partial charge in [0.15, 0.2) is 0 Å². The minimum atomic E-state index is -2.03. The van der Waals surface area contributed by atoms with Crippen molar-refractivity contribution in [1.82, 2.24) is 0 Å². The normalized spacial score (nSPS) is 22.1. The Morgan fingerprint density at radius 3 is 2.31 bits per heavy atom. The molecule has 2 atom stereocenters. The monoisotopic (exact) mass is 248 g/mol. The number of rotatable bonds is 9. The standard InChI is InChI=1S/C11H24O4Si/c1-5-14-16(4,15-6-2)9-10(3)12-7-11-8-13-11/h10-11H,5-9H2,1-4H3. The predicted octanol–water partition coefficient (Wildman–Crippen LogP) is 1.94. The smallest absolute Gasteiger partial charge is 0.337 e. The summed E-state index contributed by atoms with van der Waals surface area (Å²) in [5, 5.41) is 0. The van der Waals surface area contributed by atoms with Gasteiger partial charge in [0.05, 0.1) is 19.3 Å². The Balaban J connectivity index is 2.26. The van der Waals surface area contributed by atoms with Crippen LogP contribution in [-0.2, 0) is 18.3 Å². The molecule has 1 rings (SSSR count). The average molecular weight is 248 g/mol. The van der Waals surface area contributed by atoms with Gasteiger partial charge in [-0.2, -0.15) is 0 Å². The van der Waals surface area contributed by atoms with Crippen LogP contribution in [0.25, 0.3) is 0 Å². The van der Waals surface area contributed by atoms with E-state index in [-0.39, 0.29) is 6.10 Å². The van der Waals surface area contributed by atoms with Gasteiger partial charge in [-0.15, -0.1) is 0 Å². The molecule has 0 N–H and O–H groups in total. The van der Waals surface area contributed by atoms with Crippen LogP contribution in [0.3, 0.4) is 0 Å². The van der Waals surface area contributed by atoms with Crippen molar-refractivity contribution in [3.05, 3.63) is 0 Å². The van der Waals surface area contributed by atoms with Gasteiger partial charge in [-0.3, -0.25) is 0 Å². The average Bonchev–Trinajstić information content (AvgIpc) is 2.98. The summed E-state index contributed by atoms with van der Waals surface area (Å²) >= 11 is 0. The maximum Gasteiger partial charge on any atom is 0.337 e. The van der Waals surface area contributed by atoms with Gasteiger partial charge in [0.1, 0.15) is 6.10 Å². The Morgan fingerprint density at radius 1 is 1.31 bits per heavy atom. The summed E-state index contributed by atoms with van der Waals surface area (Å²) in [6, 6.07) is 0.876. The Kier molecular flexibility index (Phi) is 5.92. The highest BCUT2D eigenvalue weighted by Crippen LogP contribution is 2.19. The van der Waals surface area contributed by atoms with E-state index in [9.17, 15) is 0 Å². The maximum atomic E-state index is 5.77. The minimum Gasteiger partial charge on any atom is -0.395 e. The van der Waals surface area contributed by atoms with Crippen molar-refractivity contribution in [3.8, 4) is 0 Å². The molecule has 1 heterocycles. The highest BCUT2D eigenvalue weighted by molar-refractivity contribution is 6.66. The first kappa shape index (κ1) is 14.1. The summed E-state index contributed by atoms with van der Waals surface area (Å²) < 4.78 is 22.3. The second kappa shape index (κ2) is 6.71. The first-order valence-electron chi connectivity index (χ1n) is 6.10. The van der Waals surface area contributed by atoms with Crippen LogP contribution in [0.4, 0.5) is 0 Å². The quantitative estimate of drug-likeness (QED) is 0.462. The molecule has 0 aromatic heterocycles. The summed E-state index contributed by atoms with van der Waals surface area (Å²) in [6.45, 7) is 11.2. The topological polar surface area (TPSA) is 40.2 Å². The van der Waals surface area contributed by atoms with Crippen molar-refractivity contribution in [2.75, 3.05) is 26.4 Å². The summed E-state index contributed by atoms with van der Waals surface area (Å²) in [5.74, 6) is 0. The summed E-state index contributed by atoms with van der Waals surface area (Å²) in [4.78, 5) is 0. The van der Waals surface area contributed by atoms with Crippen molar-refractivity contribution in [2.45, 2.75) is 45.6 Å². The summed E-state index contributed by atoms with van der Waals surface area (Å²) in [7, 11) is -2.03. The van der Waals surface area contributed by atoms with Crippen molar-refractivity contribution in [1.29, 1.82) is 0 Å². The lowest BCUT2D eigenvalue weighted by Crippen LogP contribution is -2.42. The summed E-state index contributed by atoms with van der Waals surface area (Å²) in [6.07, 6.45) is 0.508. The molecule has 0 spiro atoms. The first-order valence-corrected chi connectivity index (χ1v) is 8.63. The molecule has 0 saturated carbocycles. The maximum absolute atomic E-state index is 5.77. The molecule has 1 aliphatic rings. The molecule has 0 radical (unpaired) electrons. The number of hydrogen-bond acceptors (Lipinski definition) is 4. The van der Waals surface area contributed by atoms with E-state index in [0.29, 0.717) is 25.9 Å². The van der Waals surface area contributed by atoms with E-state index < -0.39 is 8.56 Å².